The zero-order valence-electron chi connectivity index (χ0n) is 9.55. The van der Waals surface area contributed by atoms with E-state index in [1.807, 2.05) is 0 Å². The van der Waals surface area contributed by atoms with Gasteiger partial charge in [0.2, 0.25) is 0 Å². The fraction of sp³-hybridized carbons (Fsp3) is 0.727. The smallest absolute Gasteiger partial charge is 0.410 e. The number of hydrogen-bond acceptors (Lipinski definition) is 2. The molecule has 1 amide bonds. The summed E-state index contributed by atoms with van der Waals surface area (Å²) in [6.45, 7) is 9.00. The molecule has 0 aromatic carbocycles. The largest absolute Gasteiger partial charge is 0.444 e. The Morgan fingerprint density at radius 2 is 2.27 bits per heavy atom. The molecule has 1 heterocycles. The molecule has 1 rings (SSSR count). The van der Waals surface area contributed by atoms with Crippen molar-refractivity contribution in [3.05, 3.63) is 12.2 Å². The van der Waals surface area contributed by atoms with Crippen molar-refractivity contribution in [2.24, 2.45) is 0 Å². The van der Waals surface area contributed by atoms with Crippen molar-refractivity contribution in [2.75, 3.05) is 13.2 Å². The zero-order chi connectivity index (χ0) is 11.6. The fourth-order valence-corrected chi connectivity index (χ4v) is 1.55. The van der Waals surface area contributed by atoms with E-state index >= 15 is 0 Å². The van der Waals surface area contributed by atoms with E-state index in [0.29, 0.717) is 13.0 Å². The van der Waals surface area contributed by atoms with Crippen molar-refractivity contribution >= 4 is 6.09 Å². The molecule has 0 radical (unpaired) electrons. The summed E-state index contributed by atoms with van der Waals surface area (Å²) in [7, 11) is 0. The summed E-state index contributed by atoms with van der Waals surface area (Å²) in [6, 6.07) is -0.396. The molecule has 1 fully saturated rings. The van der Waals surface area contributed by atoms with Gasteiger partial charge in [0.25, 0.3) is 0 Å². The number of alkyl halides is 1. The van der Waals surface area contributed by atoms with Gasteiger partial charge in [0.05, 0.1) is 6.04 Å². The van der Waals surface area contributed by atoms with Gasteiger partial charge < -0.3 is 4.74 Å². The van der Waals surface area contributed by atoms with Crippen LogP contribution in [0.4, 0.5) is 9.18 Å². The minimum Gasteiger partial charge on any atom is -0.444 e. The summed E-state index contributed by atoms with van der Waals surface area (Å²) in [6.07, 6.45) is 0.0826. The lowest BCUT2D eigenvalue weighted by atomic mass is 10.2. The number of ether oxygens (including phenoxy) is 1. The monoisotopic (exact) mass is 215 g/mol. The highest BCUT2D eigenvalue weighted by Gasteiger charge is 2.33. The Kier molecular flexibility index (Phi) is 3.37. The third-order valence-electron chi connectivity index (χ3n) is 2.17. The number of carbonyl (C=O) groups is 1. The number of rotatable bonds is 1. The van der Waals surface area contributed by atoms with Crippen LogP contribution >= 0.6 is 0 Å². The Bertz CT molecular complexity index is 270. The van der Waals surface area contributed by atoms with Gasteiger partial charge in [-0.2, -0.15) is 0 Å². The number of nitrogens with zero attached hydrogens (tertiary/aromatic N) is 1. The van der Waals surface area contributed by atoms with E-state index in [2.05, 4.69) is 6.58 Å². The molecule has 0 saturated carbocycles. The first kappa shape index (κ1) is 12.0. The van der Waals surface area contributed by atoms with E-state index in [1.54, 1.807) is 20.8 Å². The number of amides is 1. The number of hydrogen-bond donors (Lipinski definition) is 0. The van der Waals surface area contributed by atoms with Crippen LogP contribution in [0.2, 0.25) is 0 Å². The topological polar surface area (TPSA) is 29.5 Å². The van der Waals surface area contributed by atoms with Gasteiger partial charge in [-0.15, -0.1) is 0 Å². The summed E-state index contributed by atoms with van der Waals surface area (Å²) in [4.78, 5) is 13.1. The van der Waals surface area contributed by atoms with E-state index in [4.69, 9.17) is 4.74 Å². The molecule has 0 spiro atoms. The molecule has 3 nitrogen and oxygen atoms in total. The second kappa shape index (κ2) is 4.21. The molecule has 1 saturated heterocycles. The van der Waals surface area contributed by atoms with E-state index < -0.39 is 24.4 Å². The van der Waals surface area contributed by atoms with E-state index in [0.717, 1.165) is 5.57 Å². The Hall–Kier alpha value is -1.06. The van der Waals surface area contributed by atoms with E-state index in [1.165, 1.54) is 4.90 Å². The third-order valence-corrected chi connectivity index (χ3v) is 2.17. The summed E-state index contributed by atoms with van der Waals surface area (Å²) in [5.74, 6) is 0. The van der Waals surface area contributed by atoms with Crippen LogP contribution in [-0.2, 0) is 4.74 Å². The lowest BCUT2D eigenvalue weighted by Crippen LogP contribution is -2.40. The average Bonchev–Trinajstić information content (AvgIpc) is 2.43. The standard InChI is InChI=1S/C11H18FNO2/c1-8-5-9(6-12)13(7-8)10(14)15-11(2,3)4/h9H,1,5-7H2,2-4H3/t9-/m0/s1. The van der Waals surface area contributed by atoms with Gasteiger partial charge >= 0.3 is 6.09 Å². The van der Waals surface area contributed by atoms with Crippen LogP contribution in [0, 0.1) is 0 Å². The first-order chi connectivity index (χ1) is 6.83. The second-order valence-corrected chi connectivity index (χ2v) is 4.87. The van der Waals surface area contributed by atoms with Gasteiger partial charge in [0.1, 0.15) is 12.3 Å². The summed E-state index contributed by atoms with van der Waals surface area (Å²) in [5.41, 5.74) is 0.338. The molecule has 0 bridgehead atoms. The van der Waals surface area contributed by atoms with Crippen LogP contribution in [0.5, 0.6) is 0 Å². The maximum absolute atomic E-state index is 12.6. The maximum atomic E-state index is 12.6. The van der Waals surface area contributed by atoms with Crippen molar-refractivity contribution in [3.8, 4) is 0 Å². The van der Waals surface area contributed by atoms with Crippen LogP contribution in [0.3, 0.4) is 0 Å². The highest BCUT2D eigenvalue weighted by molar-refractivity contribution is 5.69. The third kappa shape index (κ3) is 3.22. The molecule has 0 aromatic rings. The van der Waals surface area contributed by atoms with Crippen LogP contribution in [0.15, 0.2) is 12.2 Å². The first-order valence-electron chi connectivity index (χ1n) is 5.05. The van der Waals surface area contributed by atoms with Gasteiger partial charge in [-0.05, 0) is 27.2 Å². The van der Waals surface area contributed by atoms with Gasteiger partial charge in [-0.1, -0.05) is 12.2 Å². The number of likely N-dealkylation sites (tertiary alicyclic amines) is 1. The Balaban J connectivity index is 2.63. The molecular weight excluding hydrogens is 197 g/mol. The second-order valence-electron chi connectivity index (χ2n) is 4.87. The predicted molar refractivity (Wildman–Crippen MR) is 56.5 cm³/mol. The van der Waals surface area contributed by atoms with E-state index in [-0.39, 0.29) is 0 Å². The van der Waals surface area contributed by atoms with Gasteiger partial charge in [0.15, 0.2) is 0 Å². The SMILES string of the molecule is C=C1C[C@@H](CF)N(C(=O)OC(C)(C)C)C1. The minimum absolute atomic E-state index is 0.396. The van der Waals surface area contributed by atoms with Crippen LogP contribution < -0.4 is 0 Å². The predicted octanol–water partition coefficient (Wildman–Crippen LogP) is 2.52. The van der Waals surface area contributed by atoms with Gasteiger partial charge in [-0.3, -0.25) is 4.90 Å². The molecule has 0 unspecified atom stereocenters. The zero-order valence-corrected chi connectivity index (χ0v) is 9.55. The highest BCUT2D eigenvalue weighted by atomic mass is 19.1. The quantitative estimate of drug-likeness (QED) is 0.629. The summed E-state index contributed by atoms with van der Waals surface area (Å²) < 4.78 is 17.8. The molecule has 0 N–H and O–H groups in total. The molecule has 1 aliphatic heterocycles. The molecule has 4 heteroatoms. The van der Waals surface area contributed by atoms with Gasteiger partial charge in [0, 0.05) is 6.54 Å². The molecule has 86 valence electrons. The average molecular weight is 215 g/mol. The van der Waals surface area contributed by atoms with E-state index in [9.17, 15) is 9.18 Å². The Labute approximate surface area is 89.9 Å². The van der Waals surface area contributed by atoms with Crippen LogP contribution in [0.1, 0.15) is 27.2 Å². The molecule has 1 atom stereocenters. The molecule has 15 heavy (non-hydrogen) atoms. The fourth-order valence-electron chi connectivity index (χ4n) is 1.55. The van der Waals surface area contributed by atoms with Crippen LogP contribution in [0.25, 0.3) is 0 Å². The lowest BCUT2D eigenvalue weighted by Gasteiger charge is -2.27. The van der Waals surface area contributed by atoms with Crippen molar-refractivity contribution in [1.82, 2.24) is 4.90 Å². The van der Waals surface area contributed by atoms with Crippen molar-refractivity contribution in [3.63, 3.8) is 0 Å². The Morgan fingerprint density at radius 3 is 2.73 bits per heavy atom. The van der Waals surface area contributed by atoms with Crippen molar-refractivity contribution in [1.29, 1.82) is 0 Å². The Morgan fingerprint density at radius 1 is 1.67 bits per heavy atom. The van der Waals surface area contributed by atoms with Crippen molar-refractivity contribution < 1.29 is 13.9 Å². The van der Waals surface area contributed by atoms with Crippen molar-refractivity contribution in [2.45, 2.75) is 38.8 Å². The highest BCUT2D eigenvalue weighted by Crippen LogP contribution is 2.23. The molecule has 0 aromatic heterocycles. The van der Waals surface area contributed by atoms with Gasteiger partial charge in [-0.25, -0.2) is 9.18 Å². The molecule has 0 aliphatic carbocycles. The maximum Gasteiger partial charge on any atom is 0.410 e. The molecule has 1 aliphatic rings. The summed E-state index contributed by atoms with van der Waals surface area (Å²) in [5, 5.41) is 0. The summed E-state index contributed by atoms with van der Waals surface area (Å²) >= 11 is 0. The van der Waals surface area contributed by atoms with Crippen LogP contribution in [-0.4, -0.2) is 35.9 Å². The number of halogens is 1. The number of carbonyl (C=O) groups excluding carboxylic acids is 1. The first-order valence-corrected chi connectivity index (χ1v) is 5.05. The minimum atomic E-state index is -0.543. The normalized spacial score (nSPS) is 22.0. The molecular formula is C11H18FNO2. The lowest BCUT2D eigenvalue weighted by molar-refractivity contribution is 0.0210.